The van der Waals surface area contributed by atoms with E-state index in [1.54, 1.807) is 4.90 Å². The van der Waals surface area contributed by atoms with Crippen molar-refractivity contribution in [2.75, 3.05) is 26.2 Å². The summed E-state index contributed by atoms with van der Waals surface area (Å²) in [7, 11) is -1.93. The third-order valence-electron chi connectivity index (χ3n) is 9.38. The Morgan fingerprint density at radius 3 is 2.28 bits per heavy atom. The molecule has 3 heterocycles. The summed E-state index contributed by atoms with van der Waals surface area (Å²) in [5.41, 5.74) is -0.887. The number of halogens is 3. The van der Waals surface area contributed by atoms with Gasteiger partial charge in [0.15, 0.2) is 17.3 Å². The van der Waals surface area contributed by atoms with Crippen molar-refractivity contribution in [3.63, 3.8) is 0 Å². The first-order chi connectivity index (χ1) is 25.2. The maximum Gasteiger partial charge on any atom is 0.547 e. The van der Waals surface area contributed by atoms with E-state index in [0.29, 0.717) is 37.6 Å². The Balaban J connectivity index is 1.17. The number of aromatic carboxylic acids is 1. The largest absolute Gasteiger partial charge is 0.547 e. The number of phenols is 3. The molecule has 0 spiro atoms. The number of benzene rings is 3. The maximum absolute atomic E-state index is 14.7. The molecule has 2 unspecified atom stereocenters. The van der Waals surface area contributed by atoms with Crippen molar-refractivity contribution in [1.29, 1.82) is 0 Å². The zero-order valence-corrected chi connectivity index (χ0v) is 28.2. The average molecular weight is 758 g/mol. The topological polar surface area (TPSA) is 230 Å². The fraction of sp³-hybridized carbons (Fsp3) is 0.303. The summed E-state index contributed by atoms with van der Waals surface area (Å²) in [6, 6.07) is 4.31. The van der Waals surface area contributed by atoms with Crippen LogP contribution in [0.25, 0.3) is 0 Å². The number of carbonyl (C=O) groups is 5. The Morgan fingerprint density at radius 1 is 0.943 bits per heavy atom. The molecular formula is C33H31BClF2N5O11. The number of carboxylic acids is 1. The van der Waals surface area contributed by atoms with Crippen molar-refractivity contribution in [2.24, 2.45) is 0 Å². The van der Waals surface area contributed by atoms with E-state index >= 15 is 0 Å². The van der Waals surface area contributed by atoms with Crippen molar-refractivity contribution in [1.82, 2.24) is 25.3 Å². The highest BCUT2D eigenvalue weighted by Crippen LogP contribution is 2.41. The van der Waals surface area contributed by atoms with Crippen LogP contribution in [0.4, 0.5) is 18.4 Å². The maximum atomic E-state index is 14.7. The molecule has 2 fully saturated rings. The normalized spacial score (nSPS) is 18.0. The van der Waals surface area contributed by atoms with Gasteiger partial charge in [0.25, 0.3) is 5.91 Å². The number of likely N-dealkylation sites (tertiary alicyclic amines) is 1. The van der Waals surface area contributed by atoms with Gasteiger partial charge < -0.3 is 50.5 Å². The summed E-state index contributed by atoms with van der Waals surface area (Å²) in [4.78, 5) is 69.3. The average Bonchev–Trinajstić information content (AvgIpc) is 3.52. The number of fused-ring (bicyclic) bond motifs is 1. The number of nitrogens with zero attached hydrogens (tertiary/aromatic N) is 3. The number of nitrogens with one attached hydrogen (secondary N) is 2. The molecule has 3 aromatic carbocycles. The van der Waals surface area contributed by atoms with E-state index in [0.717, 1.165) is 11.0 Å². The molecule has 0 aliphatic carbocycles. The Labute approximate surface area is 304 Å². The van der Waals surface area contributed by atoms with Crippen LogP contribution < -0.4 is 15.3 Å². The molecule has 6 amide bonds. The molecule has 0 aromatic heterocycles. The van der Waals surface area contributed by atoms with E-state index < -0.39 is 88.1 Å². The Morgan fingerprint density at radius 2 is 1.62 bits per heavy atom. The molecule has 20 heteroatoms. The summed E-state index contributed by atoms with van der Waals surface area (Å²) in [6.45, 7) is 0.609. The van der Waals surface area contributed by atoms with Gasteiger partial charge in [0, 0.05) is 43.3 Å². The summed E-state index contributed by atoms with van der Waals surface area (Å²) in [6.07, 6.45) is 0.506. The predicted molar refractivity (Wildman–Crippen MR) is 179 cm³/mol. The molecule has 16 nitrogen and oxygen atoms in total. The lowest BCUT2D eigenvalue weighted by atomic mass is 9.72. The van der Waals surface area contributed by atoms with Gasteiger partial charge in [-0.05, 0) is 61.2 Å². The van der Waals surface area contributed by atoms with Crippen LogP contribution in [0.5, 0.6) is 23.0 Å². The van der Waals surface area contributed by atoms with Gasteiger partial charge in [-0.15, -0.1) is 0 Å². The fourth-order valence-corrected chi connectivity index (χ4v) is 6.85. The summed E-state index contributed by atoms with van der Waals surface area (Å²) in [5.74, 6) is -9.77. The van der Waals surface area contributed by atoms with Crippen LogP contribution in [0.1, 0.15) is 50.7 Å². The van der Waals surface area contributed by atoms with Crippen molar-refractivity contribution < 1.29 is 62.9 Å². The molecule has 3 aliphatic heterocycles. The lowest BCUT2D eigenvalue weighted by Gasteiger charge is -2.36. The minimum Gasteiger partial charge on any atom is -0.534 e. The van der Waals surface area contributed by atoms with Crippen LogP contribution >= 0.6 is 11.6 Å². The van der Waals surface area contributed by atoms with E-state index in [1.807, 2.05) is 0 Å². The molecular weight excluding hydrogens is 727 g/mol. The molecule has 6 rings (SSSR count). The van der Waals surface area contributed by atoms with Gasteiger partial charge in [-0.2, -0.15) is 0 Å². The van der Waals surface area contributed by atoms with Gasteiger partial charge in [0.2, 0.25) is 5.91 Å². The SMILES string of the molecule is O=C(O)c1c(F)ccc2c1OB(O)C(NC(=O)C(NC(=O)N1CCN(C3CCN(C(=O)c4ccc(O)cc4)CC3)C1=O)c1cc(F)c(O)c(O)c1Cl)C2. The monoisotopic (exact) mass is 757 g/mol. The molecule has 278 valence electrons. The van der Waals surface area contributed by atoms with E-state index in [2.05, 4.69) is 10.6 Å². The van der Waals surface area contributed by atoms with E-state index in [1.165, 1.54) is 35.2 Å². The third-order valence-corrected chi connectivity index (χ3v) is 9.78. The molecule has 0 radical (unpaired) electrons. The zero-order chi connectivity index (χ0) is 38.3. The number of carbonyl (C=O) groups excluding carboxylic acids is 4. The van der Waals surface area contributed by atoms with Crippen molar-refractivity contribution in [3.8, 4) is 23.0 Å². The first-order valence-electron chi connectivity index (χ1n) is 16.2. The third kappa shape index (κ3) is 7.16. The number of hydrogen-bond donors (Lipinski definition) is 7. The molecule has 3 aliphatic rings. The molecule has 3 aromatic rings. The van der Waals surface area contributed by atoms with Crippen molar-refractivity contribution in [2.45, 2.75) is 37.3 Å². The Hall–Kier alpha value is -5.82. The predicted octanol–water partition coefficient (Wildman–Crippen LogP) is 2.37. The van der Waals surface area contributed by atoms with Gasteiger partial charge in [-0.1, -0.05) is 17.7 Å². The van der Waals surface area contributed by atoms with Crippen LogP contribution in [-0.2, 0) is 11.2 Å². The number of amides is 6. The number of rotatable bonds is 7. The lowest BCUT2D eigenvalue weighted by molar-refractivity contribution is -0.123. The highest BCUT2D eigenvalue weighted by Gasteiger charge is 2.43. The first kappa shape index (κ1) is 37.0. The van der Waals surface area contributed by atoms with Gasteiger partial charge in [-0.25, -0.2) is 28.1 Å². The number of piperidine rings is 1. The molecule has 0 saturated carbocycles. The van der Waals surface area contributed by atoms with Gasteiger partial charge in [0.05, 0.1) is 11.0 Å². The van der Waals surface area contributed by atoms with E-state index in [9.17, 15) is 58.2 Å². The minimum atomic E-state index is -1.96. The molecule has 2 atom stereocenters. The highest BCUT2D eigenvalue weighted by atomic mass is 35.5. The number of aromatic hydroxyl groups is 3. The van der Waals surface area contributed by atoms with Crippen molar-refractivity contribution >= 4 is 48.6 Å². The van der Waals surface area contributed by atoms with Gasteiger partial charge in [-0.3, -0.25) is 9.59 Å². The van der Waals surface area contributed by atoms with Gasteiger partial charge in [0.1, 0.15) is 28.9 Å². The first-order valence-corrected chi connectivity index (χ1v) is 16.6. The number of imide groups is 1. The summed E-state index contributed by atoms with van der Waals surface area (Å²) < 4.78 is 34.1. The minimum absolute atomic E-state index is 0.0185. The lowest BCUT2D eigenvalue weighted by Crippen LogP contribution is -2.56. The van der Waals surface area contributed by atoms with Gasteiger partial charge >= 0.3 is 25.1 Å². The number of hydrogen-bond acceptors (Lipinski definition) is 10. The highest BCUT2D eigenvalue weighted by molar-refractivity contribution is 6.47. The smallest absolute Gasteiger partial charge is 0.534 e. The summed E-state index contributed by atoms with van der Waals surface area (Å²) >= 11 is 6.19. The van der Waals surface area contributed by atoms with Crippen molar-refractivity contribution in [3.05, 3.63) is 81.4 Å². The summed E-state index contributed by atoms with van der Waals surface area (Å²) in [5, 5.41) is 53.7. The van der Waals surface area contributed by atoms with Crippen LogP contribution in [-0.4, -0.2) is 115 Å². The van der Waals surface area contributed by atoms with Crippen LogP contribution in [0, 0.1) is 11.6 Å². The Kier molecular flexibility index (Phi) is 10.2. The second-order valence-corrected chi connectivity index (χ2v) is 13.0. The van der Waals surface area contributed by atoms with Crippen LogP contribution in [0.2, 0.25) is 5.02 Å². The Bertz CT molecular complexity index is 2000. The van der Waals surface area contributed by atoms with E-state index in [-0.39, 0.29) is 42.8 Å². The quantitative estimate of drug-likeness (QED) is 0.137. The number of carboxylic acid groups (broad SMARTS) is 1. The number of phenolic OH excluding ortho intramolecular Hbond substituents is 3. The molecule has 53 heavy (non-hydrogen) atoms. The molecule has 2 saturated heterocycles. The van der Waals surface area contributed by atoms with Crippen LogP contribution in [0.3, 0.4) is 0 Å². The zero-order valence-electron chi connectivity index (χ0n) is 27.5. The second-order valence-electron chi connectivity index (χ2n) is 12.6. The second kappa shape index (κ2) is 14.7. The number of urea groups is 2. The fourth-order valence-electron chi connectivity index (χ4n) is 6.59. The molecule has 0 bridgehead atoms. The molecule has 7 N–H and O–H groups in total. The standard InChI is InChI=1S/C33H31BClF2N5O11/c35-24-19(14-21(37)26(44)27(24)45)25(29(46)38-22-13-16-3-6-20(36)23(31(48)49)28(16)53-34(22)52)39-32(50)42-12-11-41(33(42)51)17-7-9-40(10-8-17)30(47)15-1-4-18(43)5-2-15/h1-6,14,17,22,25,43-45,52H,7-13H2,(H,38,46)(H,39,50)(H,48,49). The van der Waals surface area contributed by atoms with E-state index in [4.69, 9.17) is 16.3 Å². The van der Waals surface area contributed by atoms with Crippen LogP contribution in [0.15, 0.2) is 42.5 Å².